The molecule has 0 bridgehead atoms. The van der Waals surface area contributed by atoms with Crippen molar-refractivity contribution in [1.82, 2.24) is 10.2 Å². The molecule has 1 N–H and O–H groups in total. The number of nitrogens with one attached hydrogen (secondary N) is 1. The van der Waals surface area contributed by atoms with E-state index in [0.717, 1.165) is 21.8 Å². The fourth-order valence-corrected chi connectivity index (χ4v) is 4.63. The second-order valence-electron chi connectivity index (χ2n) is 7.30. The summed E-state index contributed by atoms with van der Waals surface area (Å²) in [5.74, 6) is -0.630. The fourth-order valence-electron chi connectivity index (χ4n) is 3.75. The maximum Gasteiger partial charge on any atom is 0.325 e. The molecule has 0 saturated carbocycles. The highest BCUT2D eigenvalue weighted by molar-refractivity contribution is 7.14. The molecule has 1 saturated heterocycles. The molecule has 2 heterocycles. The van der Waals surface area contributed by atoms with Gasteiger partial charge in [-0.05, 0) is 29.7 Å². The van der Waals surface area contributed by atoms with Crippen molar-refractivity contribution in [1.29, 1.82) is 0 Å². The number of hydrogen-bond donors (Lipinski definition) is 1. The van der Waals surface area contributed by atoms with Crippen LogP contribution < -0.4 is 5.32 Å². The van der Waals surface area contributed by atoms with Crippen LogP contribution in [-0.2, 0) is 23.2 Å². The van der Waals surface area contributed by atoms with Crippen molar-refractivity contribution in [3.05, 3.63) is 93.7 Å². The zero-order chi connectivity index (χ0) is 21.1. The number of carbonyl (C=O) groups is 3. The van der Waals surface area contributed by atoms with E-state index in [4.69, 9.17) is 0 Å². The molecule has 1 unspecified atom stereocenters. The van der Waals surface area contributed by atoms with E-state index in [2.05, 4.69) is 5.32 Å². The molecule has 3 aromatic rings. The Morgan fingerprint density at radius 1 is 0.967 bits per heavy atom. The molecule has 152 valence electrons. The lowest BCUT2D eigenvalue weighted by atomic mass is 9.83. The van der Waals surface area contributed by atoms with Crippen LogP contribution in [0.3, 0.4) is 0 Å². The molecule has 6 heteroatoms. The van der Waals surface area contributed by atoms with Crippen molar-refractivity contribution in [2.75, 3.05) is 6.54 Å². The van der Waals surface area contributed by atoms with Crippen molar-refractivity contribution in [2.45, 2.75) is 25.3 Å². The Balaban J connectivity index is 1.66. The van der Waals surface area contributed by atoms with Gasteiger partial charge in [0.05, 0.1) is 11.4 Å². The third kappa shape index (κ3) is 3.66. The lowest BCUT2D eigenvalue weighted by Crippen LogP contribution is -2.46. The van der Waals surface area contributed by atoms with Crippen LogP contribution in [0.5, 0.6) is 0 Å². The Morgan fingerprint density at radius 3 is 2.27 bits per heavy atom. The van der Waals surface area contributed by atoms with Crippen molar-refractivity contribution in [2.24, 2.45) is 0 Å². The highest BCUT2D eigenvalue weighted by atomic mass is 32.1. The van der Waals surface area contributed by atoms with Crippen LogP contribution in [0.4, 0.5) is 4.79 Å². The molecule has 1 aromatic heterocycles. The van der Waals surface area contributed by atoms with E-state index in [1.165, 1.54) is 11.3 Å². The number of hydrogen-bond acceptors (Lipinski definition) is 4. The van der Waals surface area contributed by atoms with Crippen molar-refractivity contribution in [3.63, 3.8) is 0 Å². The Kier molecular flexibility index (Phi) is 5.50. The summed E-state index contributed by atoms with van der Waals surface area (Å²) < 4.78 is 0. The molecule has 1 fully saturated rings. The Hall–Kier alpha value is -3.25. The summed E-state index contributed by atoms with van der Waals surface area (Å²) in [6.45, 7) is 1.76. The van der Waals surface area contributed by atoms with Crippen LogP contribution in [-0.4, -0.2) is 29.2 Å². The molecule has 30 heavy (non-hydrogen) atoms. The number of urea groups is 1. The quantitative estimate of drug-likeness (QED) is 0.462. The molecule has 0 spiro atoms. The second-order valence-corrected chi connectivity index (χ2v) is 8.47. The normalized spacial score (nSPS) is 18.5. The monoisotopic (exact) mass is 418 g/mol. The van der Waals surface area contributed by atoms with Gasteiger partial charge in [-0.2, -0.15) is 0 Å². The topological polar surface area (TPSA) is 66.5 Å². The molecular formula is C24H22N2O3S. The Labute approximate surface area is 179 Å². The third-order valence-corrected chi connectivity index (χ3v) is 6.61. The van der Waals surface area contributed by atoms with Gasteiger partial charge >= 0.3 is 6.03 Å². The van der Waals surface area contributed by atoms with Crippen LogP contribution in [0, 0.1) is 0 Å². The highest BCUT2D eigenvalue weighted by Gasteiger charge is 2.52. The van der Waals surface area contributed by atoms with Gasteiger partial charge in [-0.15, -0.1) is 11.3 Å². The lowest BCUT2D eigenvalue weighted by Gasteiger charge is -2.27. The largest absolute Gasteiger partial charge is 0.325 e. The fraction of sp³-hybridized carbons (Fsp3) is 0.208. The number of ketones is 1. The molecule has 5 nitrogen and oxygen atoms in total. The number of carbonyl (C=O) groups excluding carboxylic acids is 3. The lowest BCUT2D eigenvalue weighted by molar-refractivity contribution is -0.131. The van der Waals surface area contributed by atoms with Crippen LogP contribution in [0.2, 0.25) is 0 Å². The van der Waals surface area contributed by atoms with Crippen molar-refractivity contribution >= 4 is 29.1 Å². The molecule has 1 atom stereocenters. The molecule has 1 aliphatic heterocycles. The van der Waals surface area contributed by atoms with Crippen molar-refractivity contribution < 1.29 is 14.4 Å². The first-order valence-electron chi connectivity index (χ1n) is 9.89. The van der Waals surface area contributed by atoms with Crippen LogP contribution in [0.15, 0.2) is 72.8 Å². The number of imide groups is 1. The number of rotatable bonds is 7. The second kappa shape index (κ2) is 8.24. The van der Waals surface area contributed by atoms with Crippen LogP contribution >= 0.6 is 11.3 Å². The molecular weight excluding hydrogens is 396 g/mol. The summed E-state index contributed by atoms with van der Waals surface area (Å²) in [6.07, 6.45) is 1.15. The SMILES string of the molecule is CCc1ccc(C(=O)CN2C(=O)NC(Cc3ccccc3)(c3ccccc3)C2=O)s1. The third-order valence-electron chi connectivity index (χ3n) is 5.34. The van der Waals surface area contributed by atoms with E-state index in [-0.39, 0.29) is 12.3 Å². The van der Waals surface area contributed by atoms with E-state index in [9.17, 15) is 14.4 Å². The standard InChI is InChI=1S/C24H22N2O3S/c1-2-19-13-14-21(30-19)20(27)16-26-22(28)24(25-23(26)29,18-11-7-4-8-12-18)15-17-9-5-3-6-10-17/h3-14H,2,15-16H2,1H3,(H,25,29). The van der Waals surface area contributed by atoms with Gasteiger partial charge < -0.3 is 5.32 Å². The van der Waals surface area contributed by atoms with Crippen LogP contribution in [0.25, 0.3) is 0 Å². The minimum absolute atomic E-state index is 0.230. The van der Waals surface area contributed by atoms with Crippen LogP contribution in [0.1, 0.15) is 32.6 Å². The number of Topliss-reactive ketones (excluding diaryl/α,β-unsaturated/α-hetero) is 1. The van der Waals surface area contributed by atoms with E-state index >= 15 is 0 Å². The smallest absolute Gasteiger partial charge is 0.319 e. The van der Waals surface area contributed by atoms with Gasteiger partial charge in [0.15, 0.2) is 11.3 Å². The minimum Gasteiger partial charge on any atom is -0.319 e. The zero-order valence-electron chi connectivity index (χ0n) is 16.6. The molecule has 2 aromatic carbocycles. The van der Waals surface area contributed by atoms with Crippen molar-refractivity contribution in [3.8, 4) is 0 Å². The number of aryl methyl sites for hydroxylation is 1. The van der Waals surface area contributed by atoms with Gasteiger partial charge in [-0.1, -0.05) is 67.6 Å². The average molecular weight is 419 g/mol. The summed E-state index contributed by atoms with van der Waals surface area (Å²) in [6, 6.07) is 21.9. The molecule has 1 aliphatic rings. The predicted molar refractivity (Wildman–Crippen MR) is 117 cm³/mol. The first-order chi connectivity index (χ1) is 14.5. The molecule has 0 radical (unpaired) electrons. The summed E-state index contributed by atoms with van der Waals surface area (Å²) in [4.78, 5) is 41.9. The van der Waals surface area contributed by atoms with Gasteiger partial charge in [0, 0.05) is 11.3 Å². The number of amides is 3. The van der Waals surface area contributed by atoms with E-state index in [1.54, 1.807) is 6.07 Å². The van der Waals surface area contributed by atoms with Gasteiger partial charge in [0.1, 0.15) is 0 Å². The molecule has 4 rings (SSSR count). The maximum atomic E-state index is 13.6. The summed E-state index contributed by atoms with van der Waals surface area (Å²) in [5.41, 5.74) is 0.393. The number of benzene rings is 2. The first-order valence-corrected chi connectivity index (χ1v) is 10.7. The van der Waals surface area contributed by atoms with E-state index < -0.39 is 17.5 Å². The van der Waals surface area contributed by atoms with Gasteiger partial charge in [-0.25, -0.2) is 4.79 Å². The minimum atomic E-state index is -1.23. The highest BCUT2D eigenvalue weighted by Crippen LogP contribution is 2.33. The Morgan fingerprint density at radius 2 is 1.63 bits per heavy atom. The van der Waals surface area contributed by atoms with E-state index in [0.29, 0.717) is 16.9 Å². The molecule has 3 amide bonds. The van der Waals surface area contributed by atoms with Gasteiger partial charge in [0.2, 0.25) is 0 Å². The first kappa shape index (κ1) is 20.0. The molecule has 0 aliphatic carbocycles. The number of nitrogens with zero attached hydrogens (tertiary/aromatic N) is 1. The summed E-state index contributed by atoms with van der Waals surface area (Å²) >= 11 is 1.41. The average Bonchev–Trinajstić information content (AvgIpc) is 3.35. The summed E-state index contributed by atoms with van der Waals surface area (Å²) in [5, 5.41) is 2.89. The van der Waals surface area contributed by atoms with Gasteiger partial charge in [0.25, 0.3) is 5.91 Å². The predicted octanol–water partition coefficient (Wildman–Crippen LogP) is 4.18. The summed E-state index contributed by atoms with van der Waals surface area (Å²) in [7, 11) is 0. The zero-order valence-corrected chi connectivity index (χ0v) is 17.4. The van der Waals surface area contributed by atoms with Gasteiger partial charge in [-0.3, -0.25) is 14.5 Å². The Bertz CT molecular complexity index is 1080. The van der Waals surface area contributed by atoms with E-state index in [1.807, 2.05) is 73.7 Å². The maximum absolute atomic E-state index is 13.6. The number of thiophene rings is 1.